The lowest BCUT2D eigenvalue weighted by molar-refractivity contribution is 0.563. The van der Waals surface area contributed by atoms with Crippen molar-refractivity contribution < 1.29 is 0 Å². The van der Waals surface area contributed by atoms with Crippen molar-refractivity contribution >= 4 is 5.69 Å². The number of hydrogen-bond donors (Lipinski definition) is 2. The molecule has 0 fully saturated rings. The summed E-state index contributed by atoms with van der Waals surface area (Å²) < 4.78 is 0. The Balaban J connectivity index is 2.47. The van der Waals surface area contributed by atoms with Gasteiger partial charge in [0.15, 0.2) is 0 Å². The Bertz CT molecular complexity index is 546. The number of rotatable bonds is 2. The number of hydrogen-bond acceptors (Lipinski definition) is 2. The molecule has 0 radical (unpaired) electrons. The largest absolute Gasteiger partial charge is 0.377 e. The van der Waals surface area contributed by atoms with Crippen molar-refractivity contribution in [3.05, 3.63) is 54.1 Å². The maximum absolute atomic E-state index is 5.32. The predicted octanol–water partition coefficient (Wildman–Crippen LogP) is 2.67. The summed E-state index contributed by atoms with van der Waals surface area (Å²) in [6.07, 6.45) is 2.96. The molecule has 2 rings (SSSR count). The third-order valence-corrected chi connectivity index (χ3v) is 3.37. The topological polar surface area (TPSA) is 38.0 Å². The summed E-state index contributed by atoms with van der Waals surface area (Å²) >= 11 is 0. The van der Waals surface area contributed by atoms with Crippen LogP contribution in [-0.2, 0) is 6.42 Å². The zero-order chi connectivity index (χ0) is 13.1. The molecule has 0 aromatic heterocycles. The van der Waals surface area contributed by atoms with E-state index in [0.29, 0.717) is 5.92 Å². The second kappa shape index (κ2) is 5.01. The van der Waals surface area contributed by atoms with Crippen LogP contribution < -0.4 is 11.1 Å². The summed E-state index contributed by atoms with van der Waals surface area (Å²) in [5, 5.41) is 3.52. The molecule has 0 amide bonds. The van der Waals surface area contributed by atoms with Gasteiger partial charge in [-0.1, -0.05) is 30.4 Å². The average Bonchev–Trinajstić information content (AvgIpc) is 2.37. The summed E-state index contributed by atoms with van der Waals surface area (Å²) in [6.45, 7) is 10.0. The van der Waals surface area contributed by atoms with Crippen molar-refractivity contribution in [2.75, 3.05) is 5.32 Å². The molecule has 0 aliphatic carbocycles. The molecular formula is C16H18N2. The van der Waals surface area contributed by atoms with Gasteiger partial charge in [-0.3, -0.25) is 0 Å². The van der Waals surface area contributed by atoms with Crippen LogP contribution in [0.1, 0.15) is 18.1 Å². The second-order valence-corrected chi connectivity index (χ2v) is 4.68. The van der Waals surface area contributed by atoms with Crippen molar-refractivity contribution in [2.45, 2.75) is 19.4 Å². The van der Waals surface area contributed by atoms with Crippen molar-refractivity contribution in [3.8, 4) is 12.0 Å². The molecule has 2 unspecified atom stereocenters. The Labute approximate surface area is 109 Å². The summed E-state index contributed by atoms with van der Waals surface area (Å²) in [6, 6.07) is 8.81. The number of para-hydroxylation sites is 1. The molecule has 2 nitrogen and oxygen atoms in total. The SMILES string of the molecule is C=CC1Cc2cccc(C#CN)c2NC1C(=C)C. The minimum absolute atomic E-state index is 0.218. The molecule has 1 aromatic rings. The van der Waals surface area contributed by atoms with Gasteiger partial charge in [-0.25, -0.2) is 0 Å². The van der Waals surface area contributed by atoms with E-state index < -0.39 is 0 Å². The number of fused-ring (bicyclic) bond motifs is 1. The Hall–Kier alpha value is -2.14. The lowest BCUT2D eigenvalue weighted by Crippen LogP contribution is -2.35. The smallest absolute Gasteiger partial charge is 0.0537 e. The van der Waals surface area contributed by atoms with Crippen LogP contribution in [0, 0.1) is 17.9 Å². The molecular weight excluding hydrogens is 220 g/mol. The Kier molecular flexibility index (Phi) is 3.43. The first kappa shape index (κ1) is 12.3. The van der Waals surface area contributed by atoms with Gasteiger partial charge in [0.25, 0.3) is 0 Å². The van der Waals surface area contributed by atoms with Crippen LogP contribution in [0.5, 0.6) is 0 Å². The zero-order valence-electron chi connectivity index (χ0n) is 10.7. The third kappa shape index (κ3) is 2.12. The fourth-order valence-electron chi connectivity index (χ4n) is 2.46. The van der Waals surface area contributed by atoms with Gasteiger partial charge in [0, 0.05) is 17.5 Å². The van der Waals surface area contributed by atoms with Crippen molar-refractivity contribution in [1.82, 2.24) is 0 Å². The predicted molar refractivity (Wildman–Crippen MR) is 77.1 cm³/mol. The number of nitrogens with two attached hydrogens (primary N) is 1. The van der Waals surface area contributed by atoms with Crippen LogP contribution in [0.3, 0.4) is 0 Å². The minimum Gasteiger partial charge on any atom is -0.377 e. The molecule has 0 bridgehead atoms. The number of anilines is 1. The van der Waals surface area contributed by atoms with Crippen molar-refractivity contribution in [3.63, 3.8) is 0 Å². The second-order valence-electron chi connectivity index (χ2n) is 4.68. The van der Waals surface area contributed by atoms with E-state index in [9.17, 15) is 0 Å². The van der Waals surface area contributed by atoms with Gasteiger partial charge in [-0.2, -0.15) is 0 Å². The highest BCUT2D eigenvalue weighted by molar-refractivity contribution is 5.66. The molecule has 92 valence electrons. The van der Waals surface area contributed by atoms with Gasteiger partial charge in [0.05, 0.1) is 11.7 Å². The van der Waals surface area contributed by atoms with E-state index in [0.717, 1.165) is 23.2 Å². The fourth-order valence-corrected chi connectivity index (χ4v) is 2.46. The molecule has 0 spiro atoms. The third-order valence-electron chi connectivity index (χ3n) is 3.37. The van der Waals surface area contributed by atoms with Crippen LogP contribution in [0.2, 0.25) is 0 Å². The first-order valence-electron chi connectivity index (χ1n) is 6.05. The van der Waals surface area contributed by atoms with Crippen LogP contribution >= 0.6 is 0 Å². The van der Waals surface area contributed by atoms with Crippen molar-refractivity contribution in [1.29, 1.82) is 0 Å². The minimum atomic E-state index is 0.218. The Morgan fingerprint density at radius 2 is 2.33 bits per heavy atom. The average molecular weight is 238 g/mol. The van der Waals surface area contributed by atoms with Gasteiger partial charge in [-0.15, -0.1) is 6.58 Å². The highest BCUT2D eigenvalue weighted by atomic mass is 14.9. The van der Waals surface area contributed by atoms with Gasteiger partial charge >= 0.3 is 0 Å². The molecule has 0 saturated heterocycles. The highest BCUT2D eigenvalue weighted by Crippen LogP contribution is 2.33. The lowest BCUT2D eigenvalue weighted by atomic mass is 9.83. The summed E-state index contributed by atoms with van der Waals surface area (Å²) in [5.74, 6) is 3.31. The van der Waals surface area contributed by atoms with E-state index >= 15 is 0 Å². The maximum atomic E-state index is 5.32. The Morgan fingerprint density at radius 3 is 2.94 bits per heavy atom. The molecule has 1 aliphatic rings. The highest BCUT2D eigenvalue weighted by Gasteiger charge is 2.27. The number of nitrogens with one attached hydrogen (secondary N) is 1. The van der Waals surface area contributed by atoms with Crippen LogP contribution in [0.15, 0.2) is 43.0 Å². The number of benzene rings is 1. The van der Waals surface area contributed by atoms with E-state index in [4.69, 9.17) is 5.73 Å². The van der Waals surface area contributed by atoms with E-state index in [1.54, 1.807) is 0 Å². The molecule has 18 heavy (non-hydrogen) atoms. The lowest BCUT2D eigenvalue weighted by Gasteiger charge is -2.34. The van der Waals surface area contributed by atoms with E-state index in [2.05, 4.69) is 36.5 Å². The van der Waals surface area contributed by atoms with Crippen LogP contribution in [0.4, 0.5) is 5.69 Å². The Morgan fingerprint density at radius 1 is 1.56 bits per heavy atom. The van der Waals surface area contributed by atoms with Gasteiger partial charge < -0.3 is 11.1 Å². The van der Waals surface area contributed by atoms with Crippen LogP contribution in [0.25, 0.3) is 0 Å². The quantitative estimate of drug-likeness (QED) is 0.472. The molecule has 1 aromatic carbocycles. The summed E-state index contributed by atoms with van der Waals surface area (Å²) in [5.41, 5.74) is 9.73. The normalized spacial score (nSPS) is 20.9. The molecule has 2 heteroatoms. The summed E-state index contributed by atoms with van der Waals surface area (Å²) in [7, 11) is 0. The standard InChI is InChI=1S/C16H18N2/c1-4-12-10-14-7-5-6-13(8-9-17)16(14)18-15(12)11(2)3/h4-7,12,15,18H,1-2,10,17H2,3H3. The molecule has 1 heterocycles. The first-order chi connectivity index (χ1) is 8.67. The van der Waals surface area contributed by atoms with E-state index in [-0.39, 0.29) is 6.04 Å². The van der Waals surface area contributed by atoms with E-state index in [1.807, 2.05) is 25.1 Å². The maximum Gasteiger partial charge on any atom is 0.0537 e. The van der Waals surface area contributed by atoms with Gasteiger partial charge in [-0.05, 0) is 30.9 Å². The fraction of sp³-hybridized carbons (Fsp3) is 0.250. The van der Waals surface area contributed by atoms with Gasteiger partial charge in [0.1, 0.15) is 0 Å². The monoisotopic (exact) mass is 238 g/mol. The van der Waals surface area contributed by atoms with Gasteiger partial charge in [0.2, 0.25) is 0 Å². The molecule has 2 atom stereocenters. The van der Waals surface area contributed by atoms with E-state index in [1.165, 1.54) is 5.56 Å². The van der Waals surface area contributed by atoms with Crippen LogP contribution in [-0.4, -0.2) is 6.04 Å². The summed E-state index contributed by atoms with van der Waals surface area (Å²) in [4.78, 5) is 0. The van der Waals surface area contributed by atoms with Crippen molar-refractivity contribution in [2.24, 2.45) is 11.7 Å². The first-order valence-corrected chi connectivity index (χ1v) is 6.05. The molecule has 3 N–H and O–H groups in total. The molecule has 1 aliphatic heterocycles. The zero-order valence-corrected chi connectivity index (χ0v) is 10.7. The molecule has 0 saturated carbocycles.